The predicted molar refractivity (Wildman–Crippen MR) is 77.8 cm³/mol. The van der Waals surface area contributed by atoms with Gasteiger partial charge < -0.3 is 15.3 Å². The standard InChI is InChI=1S/C15H32N2O/c1-4-7-15(3,12-16-8-5-2)13-17-9-6-14(10-17)11-18/h14,16,18H,4-13H2,1-3H3. The Labute approximate surface area is 113 Å². The van der Waals surface area contributed by atoms with E-state index in [1.807, 2.05) is 0 Å². The molecule has 1 rings (SSSR count). The van der Waals surface area contributed by atoms with Crippen molar-refractivity contribution in [1.29, 1.82) is 0 Å². The van der Waals surface area contributed by atoms with E-state index in [0.29, 0.717) is 17.9 Å². The third-order valence-corrected chi connectivity index (χ3v) is 4.07. The van der Waals surface area contributed by atoms with Crippen LogP contribution in [0.3, 0.4) is 0 Å². The number of hydrogen-bond donors (Lipinski definition) is 2. The Balaban J connectivity index is 2.40. The fourth-order valence-electron chi connectivity index (χ4n) is 3.14. The van der Waals surface area contributed by atoms with Crippen LogP contribution in [0.5, 0.6) is 0 Å². The second-order valence-corrected chi connectivity index (χ2v) is 6.31. The fraction of sp³-hybridized carbons (Fsp3) is 1.00. The number of hydrogen-bond acceptors (Lipinski definition) is 3. The number of rotatable bonds is 9. The van der Waals surface area contributed by atoms with E-state index >= 15 is 0 Å². The number of aliphatic hydroxyl groups excluding tert-OH is 1. The fourth-order valence-corrected chi connectivity index (χ4v) is 3.14. The highest BCUT2D eigenvalue weighted by Crippen LogP contribution is 2.27. The molecule has 2 unspecified atom stereocenters. The van der Waals surface area contributed by atoms with Gasteiger partial charge in [0.25, 0.3) is 0 Å². The number of likely N-dealkylation sites (tertiary alicyclic amines) is 1. The van der Waals surface area contributed by atoms with Gasteiger partial charge in [0.2, 0.25) is 0 Å². The van der Waals surface area contributed by atoms with Gasteiger partial charge in [-0.05, 0) is 43.7 Å². The maximum absolute atomic E-state index is 9.22. The number of nitrogens with one attached hydrogen (secondary N) is 1. The highest BCUT2D eigenvalue weighted by Gasteiger charge is 2.30. The molecule has 0 aliphatic carbocycles. The van der Waals surface area contributed by atoms with Crippen molar-refractivity contribution in [2.45, 2.75) is 46.5 Å². The maximum Gasteiger partial charge on any atom is 0.0471 e. The summed E-state index contributed by atoms with van der Waals surface area (Å²) in [5, 5.41) is 12.8. The molecule has 1 aliphatic heterocycles. The first-order valence-electron chi connectivity index (χ1n) is 7.67. The molecule has 108 valence electrons. The van der Waals surface area contributed by atoms with Gasteiger partial charge in [0.1, 0.15) is 0 Å². The molecule has 0 aromatic rings. The lowest BCUT2D eigenvalue weighted by atomic mass is 9.84. The second kappa shape index (κ2) is 8.13. The zero-order valence-corrected chi connectivity index (χ0v) is 12.5. The minimum atomic E-state index is 0.356. The van der Waals surface area contributed by atoms with Crippen LogP contribution in [0.4, 0.5) is 0 Å². The molecule has 0 saturated carbocycles. The van der Waals surface area contributed by atoms with Crippen LogP contribution in [0.25, 0.3) is 0 Å². The van der Waals surface area contributed by atoms with Crippen molar-refractivity contribution in [2.24, 2.45) is 11.3 Å². The van der Waals surface area contributed by atoms with E-state index in [1.165, 1.54) is 32.2 Å². The Hall–Kier alpha value is -0.120. The summed E-state index contributed by atoms with van der Waals surface area (Å²) in [5.41, 5.74) is 0.383. The molecule has 18 heavy (non-hydrogen) atoms. The summed E-state index contributed by atoms with van der Waals surface area (Å²) in [7, 11) is 0. The van der Waals surface area contributed by atoms with Crippen LogP contribution in [0, 0.1) is 11.3 Å². The minimum absolute atomic E-state index is 0.356. The molecule has 0 spiro atoms. The summed E-state index contributed by atoms with van der Waals surface area (Å²) >= 11 is 0. The maximum atomic E-state index is 9.22. The molecule has 0 aromatic carbocycles. The van der Waals surface area contributed by atoms with Gasteiger partial charge in [0.05, 0.1) is 0 Å². The Bertz CT molecular complexity index is 223. The molecule has 2 atom stereocenters. The van der Waals surface area contributed by atoms with Crippen LogP contribution in [-0.2, 0) is 0 Å². The summed E-state index contributed by atoms with van der Waals surface area (Å²) in [6.45, 7) is 12.9. The summed E-state index contributed by atoms with van der Waals surface area (Å²) in [6.07, 6.45) is 4.91. The van der Waals surface area contributed by atoms with E-state index in [0.717, 1.165) is 26.2 Å². The van der Waals surface area contributed by atoms with Crippen LogP contribution < -0.4 is 5.32 Å². The molecule has 1 saturated heterocycles. The Morgan fingerprint density at radius 2 is 2.11 bits per heavy atom. The smallest absolute Gasteiger partial charge is 0.0471 e. The van der Waals surface area contributed by atoms with Crippen LogP contribution in [0.15, 0.2) is 0 Å². The molecule has 0 amide bonds. The molecular formula is C15H32N2O. The SMILES string of the molecule is CCCNCC(C)(CCC)CN1CCC(CO)C1. The van der Waals surface area contributed by atoms with Gasteiger partial charge >= 0.3 is 0 Å². The quantitative estimate of drug-likeness (QED) is 0.620. The number of aliphatic hydroxyl groups is 1. The van der Waals surface area contributed by atoms with E-state index in [2.05, 4.69) is 31.0 Å². The van der Waals surface area contributed by atoms with Crippen LogP contribution in [0.1, 0.15) is 46.5 Å². The van der Waals surface area contributed by atoms with Gasteiger partial charge in [-0.25, -0.2) is 0 Å². The van der Waals surface area contributed by atoms with Gasteiger partial charge in [0, 0.05) is 26.2 Å². The molecule has 0 bridgehead atoms. The average Bonchev–Trinajstić information content (AvgIpc) is 2.77. The van der Waals surface area contributed by atoms with Gasteiger partial charge in [-0.1, -0.05) is 27.2 Å². The molecular weight excluding hydrogens is 224 g/mol. The highest BCUT2D eigenvalue weighted by molar-refractivity contribution is 4.84. The van der Waals surface area contributed by atoms with Gasteiger partial charge in [-0.2, -0.15) is 0 Å². The second-order valence-electron chi connectivity index (χ2n) is 6.31. The minimum Gasteiger partial charge on any atom is -0.396 e. The molecule has 1 aliphatic rings. The van der Waals surface area contributed by atoms with Crippen molar-refractivity contribution in [3.63, 3.8) is 0 Å². The summed E-state index contributed by atoms with van der Waals surface area (Å²) in [6, 6.07) is 0. The monoisotopic (exact) mass is 256 g/mol. The zero-order valence-electron chi connectivity index (χ0n) is 12.5. The van der Waals surface area contributed by atoms with Gasteiger partial charge in [-0.3, -0.25) is 0 Å². The predicted octanol–water partition coefficient (Wildman–Crippen LogP) is 2.11. The third-order valence-electron chi connectivity index (χ3n) is 4.07. The number of nitrogens with zero attached hydrogens (tertiary/aromatic N) is 1. The van der Waals surface area contributed by atoms with Crippen molar-refractivity contribution in [2.75, 3.05) is 39.3 Å². The summed E-state index contributed by atoms with van der Waals surface area (Å²) < 4.78 is 0. The molecule has 0 radical (unpaired) electrons. The van der Waals surface area contributed by atoms with Crippen molar-refractivity contribution < 1.29 is 5.11 Å². The lowest BCUT2D eigenvalue weighted by Gasteiger charge is -2.34. The highest BCUT2D eigenvalue weighted by atomic mass is 16.3. The van der Waals surface area contributed by atoms with Crippen LogP contribution in [-0.4, -0.2) is 49.3 Å². The molecule has 3 nitrogen and oxygen atoms in total. The Morgan fingerprint density at radius 1 is 1.33 bits per heavy atom. The first-order chi connectivity index (χ1) is 8.63. The van der Waals surface area contributed by atoms with E-state index in [9.17, 15) is 5.11 Å². The Kier molecular flexibility index (Phi) is 7.20. The van der Waals surface area contributed by atoms with Crippen molar-refractivity contribution in [1.82, 2.24) is 10.2 Å². The summed E-state index contributed by atoms with van der Waals surface area (Å²) in [4.78, 5) is 2.55. The first kappa shape index (κ1) is 15.9. The zero-order chi connectivity index (χ0) is 13.4. The van der Waals surface area contributed by atoms with Crippen LogP contribution >= 0.6 is 0 Å². The van der Waals surface area contributed by atoms with Crippen molar-refractivity contribution in [3.8, 4) is 0 Å². The lowest BCUT2D eigenvalue weighted by Crippen LogP contribution is -2.42. The van der Waals surface area contributed by atoms with E-state index in [4.69, 9.17) is 0 Å². The molecule has 1 fully saturated rings. The molecule has 3 heteroatoms. The Morgan fingerprint density at radius 3 is 2.67 bits per heavy atom. The van der Waals surface area contributed by atoms with Gasteiger partial charge in [-0.15, -0.1) is 0 Å². The molecule has 0 aromatic heterocycles. The van der Waals surface area contributed by atoms with E-state index < -0.39 is 0 Å². The lowest BCUT2D eigenvalue weighted by molar-refractivity contribution is 0.159. The van der Waals surface area contributed by atoms with Crippen molar-refractivity contribution in [3.05, 3.63) is 0 Å². The average molecular weight is 256 g/mol. The third kappa shape index (κ3) is 5.25. The van der Waals surface area contributed by atoms with Crippen molar-refractivity contribution >= 4 is 0 Å². The topological polar surface area (TPSA) is 35.5 Å². The van der Waals surface area contributed by atoms with E-state index in [1.54, 1.807) is 0 Å². The van der Waals surface area contributed by atoms with Crippen LogP contribution in [0.2, 0.25) is 0 Å². The molecule has 1 heterocycles. The van der Waals surface area contributed by atoms with E-state index in [-0.39, 0.29) is 0 Å². The normalized spacial score (nSPS) is 24.3. The first-order valence-corrected chi connectivity index (χ1v) is 7.67. The summed E-state index contributed by atoms with van der Waals surface area (Å²) in [5.74, 6) is 0.513. The molecule has 2 N–H and O–H groups in total. The van der Waals surface area contributed by atoms with Gasteiger partial charge in [0.15, 0.2) is 0 Å². The largest absolute Gasteiger partial charge is 0.396 e.